The summed E-state index contributed by atoms with van der Waals surface area (Å²) in [5, 5.41) is 3.78. The van der Waals surface area contributed by atoms with Crippen molar-refractivity contribution < 1.29 is 4.79 Å². The molecule has 26 heavy (non-hydrogen) atoms. The third kappa shape index (κ3) is 4.66. The number of halogens is 1. The van der Waals surface area contributed by atoms with Gasteiger partial charge in [0.25, 0.3) is 5.91 Å². The highest BCUT2D eigenvalue weighted by molar-refractivity contribution is 6.30. The minimum absolute atomic E-state index is 0.0248. The Morgan fingerprint density at radius 1 is 1.04 bits per heavy atom. The highest BCUT2D eigenvalue weighted by Gasteiger charge is 2.30. The molecular formula is C22H27ClN2O. The van der Waals surface area contributed by atoms with E-state index in [1.54, 1.807) is 12.1 Å². The molecular weight excluding hydrogens is 344 g/mol. The zero-order valence-corrected chi connectivity index (χ0v) is 16.2. The van der Waals surface area contributed by atoms with Crippen molar-refractivity contribution in [2.75, 3.05) is 14.1 Å². The Kier molecular flexibility index (Phi) is 6.33. The standard InChI is InChI=1S/C22H27ClN2O/c1-25(2)21(16-7-4-3-5-8-16)17-11-13-20(14-12-17)24-22(26)18-9-6-10-19(23)15-18/h3-10,15,17,20-21H,11-14H2,1-2H3,(H,24,26). The summed E-state index contributed by atoms with van der Waals surface area (Å²) >= 11 is 5.99. The largest absolute Gasteiger partial charge is 0.349 e. The molecule has 1 aliphatic rings. The number of hydrogen-bond donors (Lipinski definition) is 1. The maximum Gasteiger partial charge on any atom is 0.251 e. The van der Waals surface area contributed by atoms with E-state index in [0.29, 0.717) is 22.5 Å². The fourth-order valence-corrected chi connectivity index (χ4v) is 4.31. The smallest absolute Gasteiger partial charge is 0.251 e. The van der Waals surface area contributed by atoms with E-state index < -0.39 is 0 Å². The summed E-state index contributed by atoms with van der Waals surface area (Å²) < 4.78 is 0. The van der Waals surface area contributed by atoms with Gasteiger partial charge in [0.2, 0.25) is 0 Å². The van der Waals surface area contributed by atoms with Crippen LogP contribution in [0.5, 0.6) is 0 Å². The minimum atomic E-state index is -0.0248. The highest BCUT2D eigenvalue weighted by Crippen LogP contribution is 2.37. The van der Waals surface area contributed by atoms with Crippen LogP contribution in [0, 0.1) is 5.92 Å². The van der Waals surface area contributed by atoms with Gasteiger partial charge in [0.05, 0.1) is 0 Å². The third-order valence-electron chi connectivity index (χ3n) is 5.34. The summed E-state index contributed by atoms with van der Waals surface area (Å²) in [6.07, 6.45) is 4.29. The van der Waals surface area contributed by atoms with Gasteiger partial charge in [-0.05, 0) is 69.5 Å². The predicted octanol–water partition coefficient (Wildman–Crippen LogP) is 4.93. The lowest BCUT2D eigenvalue weighted by Crippen LogP contribution is -2.39. The van der Waals surface area contributed by atoms with Crippen LogP contribution in [0.15, 0.2) is 54.6 Å². The van der Waals surface area contributed by atoms with Gasteiger partial charge in [-0.1, -0.05) is 48.0 Å². The molecule has 0 spiro atoms. The van der Waals surface area contributed by atoms with Gasteiger partial charge in [0.15, 0.2) is 0 Å². The summed E-state index contributed by atoms with van der Waals surface area (Å²) in [5.74, 6) is 0.592. The van der Waals surface area contributed by atoms with Crippen LogP contribution in [0.4, 0.5) is 0 Å². The first kappa shape index (κ1) is 18.9. The number of benzene rings is 2. The lowest BCUT2D eigenvalue weighted by molar-refractivity contribution is 0.0907. The number of hydrogen-bond acceptors (Lipinski definition) is 2. The summed E-state index contributed by atoms with van der Waals surface area (Å²) in [5.41, 5.74) is 2.01. The average molecular weight is 371 g/mol. The Hall–Kier alpha value is -1.84. The summed E-state index contributed by atoms with van der Waals surface area (Å²) in [6, 6.07) is 18.5. The molecule has 1 atom stereocenters. The van der Waals surface area contributed by atoms with Crippen LogP contribution in [0.2, 0.25) is 5.02 Å². The number of nitrogens with one attached hydrogen (secondary N) is 1. The van der Waals surface area contributed by atoms with Crippen molar-refractivity contribution >= 4 is 17.5 Å². The number of nitrogens with zero attached hydrogens (tertiary/aromatic N) is 1. The molecule has 0 saturated heterocycles. The van der Waals surface area contributed by atoms with Crippen molar-refractivity contribution in [2.45, 2.75) is 37.8 Å². The molecule has 0 bridgehead atoms. The molecule has 0 heterocycles. The molecule has 1 amide bonds. The van der Waals surface area contributed by atoms with Gasteiger partial charge in [-0.2, -0.15) is 0 Å². The normalized spacial score (nSPS) is 21.4. The van der Waals surface area contributed by atoms with Crippen molar-refractivity contribution in [2.24, 2.45) is 5.92 Å². The Bertz CT molecular complexity index is 724. The Morgan fingerprint density at radius 3 is 2.35 bits per heavy atom. The van der Waals surface area contributed by atoms with Gasteiger partial charge in [0, 0.05) is 22.7 Å². The zero-order valence-electron chi connectivity index (χ0n) is 15.5. The van der Waals surface area contributed by atoms with E-state index in [1.807, 2.05) is 12.1 Å². The van der Waals surface area contributed by atoms with Crippen molar-refractivity contribution in [1.29, 1.82) is 0 Å². The van der Waals surface area contributed by atoms with E-state index in [0.717, 1.165) is 25.7 Å². The quantitative estimate of drug-likeness (QED) is 0.809. The van der Waals surface area contributed by atoms with Crippen molar-refractivity contribution in [3.8, 4) is 0 Å². The Morgan fingerprint density at radius 2 is 1.73 bits per heavy atom. The van der Waals surface area contributed by atoms with Crippen LogP contribution in [0.25, 0.3) is 0 Å². The molecule has 0 aromatic heterocycles. The number of carbonyl (C=O) groups is 1. The minimum Gasteiger partial charge on any atom is -0.349 e. The molecule has 3 nitrogen and oxygen atoms in total. The van der Waals surface area contributed by atoms with Gasteiger partial charge in [-0.25, -0.2) is 0 Å². The fourth-order valence-electron chi connectivity index (χ4n) is 4.12. The van der Waals surface area contributed by atoms with Crippen LogP contribution in [-0.2, 0) is 0 Å². The molecule has 1 fully saturated rings. The molecule has 4 heteroatoms. The van der Waals surface area contributed by atoms with E-state index in [2.05, 4.69) is 54.6 Å². The van der Waals surface area contributed by atoms with E-state index in [-0.39, 0.29) is 11.9 Å². The van der Waals surface area contributed by atoms with Crippen molar-refractivity contribution in [3.63, 3.8) is 0 Å². The predicted molar refractivity (Wildman–Crippen MR) is 108 cm³/mol. The van der Waals surface area contributed by atoms with Gasteiger partial charge < -0.3 is 10.2 Å². The van der Waals surface area contributed by atoms with Gasteiger partial charge >= 0.3 is 0 Å². The maximum absolute atomic E-state index is 12.4. The molecule has 1 unspecified atom stereocenters. The summed E-state index contributed by atoms with van der Waals surface area (Å²) in [6.45, 7) is 0. The highest BCUT2D eigenvalue weighted by atomic mass is 35.5. The Labute approximate surface area is 161 Å². The van der Waals surface area contributed by atoms with E-state index >= 15 is 0 Å². The fraction of sp³-hybridized carbons (Fsp3) is 0.409. The number of carbonyl (C=O) groups excluding carboxylic acids is 1. The van der Waals surface area contributed by atoms with Gasteiger partial charge in [0.1, 0.15) is 0 Å². The van der Waals surface area contributed by atoms with Gasteiger partial charge in [-0.3, -0.25) is 4.79 Å². The number of amides is 1. The second kappa shape index (κ2) is 8.70. The van der Waals surface area contributed by atoms with E-state index in [9.17, 15) is 4.79 Å². The van der Waals surface area contributed by atoms with Crippen LogP contribution >= 0.6 is 11.6 Å². The first-order valence-corrected chi connectivity index (χ1v) is 9.70. The van der Waals surface area contributed by atoms with Crippen molar-refractivity contribution in [1.82, 2.24) is 10.2 Å². The molecule has 2 aromatic rings. The van der Waals surface area contributed by atoms with E-state index in [1.165, 1.54) is 5.56 Å². The second-order valence-corrected chi connectivity index (χ2v) is 7.85. The van der Waals surface area contributed by atoms with Crippen molar-refractivity contribution in [3.05, 3.63) is 70.7 Å². The zero-order chi connectivity index (χ0) is 18.5. The van der Waals surface area contributed by atoms with Crippen LogP contribution in [0.3, 0.4) is 0 Å². The average Bonchev–Trinajstić information content (AvgIpc) is 2.64. The first-order valence-electron chi connectivity index (χ1n) is 9.32. The lowest BCUT2D eigenvalue weighted by atomic mass is 9.78. The molecule has 1 saturated carbocycles. The van der Waals surface area contributed by atoms with Gasteiger partial charge in [-0.15, -0.1) is 0 Å². The second-order valence-electron chi connectivity index (χ2n) is 7.41. The maximum atomic E-state index is 12.4. The molecule has 138 valence electrons. The Balaban J connectivity index is 1.59. The monoisotopic (exact) mass is 370 g/mol. The topological polar surface area (TPSA) is 32.3 Å². The molecule has 1 N–H and O–H groups in total. The summed E-state index contributed by atoms with van der Waals surface area (Å²) in [4.78, 5) is 14.8. The molecule has 1 aliphatic carbocycles. The van der Waals surface area contributed by atoms with E-state index in [4.69, 9.17) is 11.6 Å². The van der Waals surface area contributed by atoms with Crippen LogP contribution in [-0.4, -0.2) is 30.9 Å². The SMILES string of the molecule is CN(C)C(c1ccccc1)C1CCC(NC(=O)c2cccc(Cl)c2)CC1. The molecule has 0 aliphatic heterocycles. The first-order chi connectivity index (χ1) is 12.5. The summed E-state index contributed by atoms with van der Waals surface area (Å²) in [7, 11) is 4.31. The molecule has 3 rings (SSSR count). The number of rotatable bonds is 5. The van der Waals surface area contributed by atoms with Crippen LogP contribution < -0.4 is 5.32 Å². The lowest BCUT2D eigenvalue weighted by Gasteiger charge is -2.37. The van der Waals surface area contributed by atoms with Crippen LogP contribution in [0.1, 0.15) is 47.6 Å². The molecule has 0 radical (unpaired) electrons. The third-order valence-corrected chi connectivity index (χ3v) is 5.57. The molecule has 2 aromatic carbocycles.